The van der Waals surface area contributed by atoms with Gasteiger partial charge < -0.3 is 5.11 Å². The van der Waals surface area contributed by atoms with Crippen LogP contribution in [-0.2, 0) is 0 Å². The predicted octanol–water partition coefficient (Wildman–Crippen LogP) is 2.62. The van der Waals surface area contributed by atoms with E-state index >= 15 is 0 Å². The molecule has 182 valence electrons. The van der Waals surface area contributed by atoms with E-state index in [9.17, 15) is 9.90 Å². The zero-order valence-electron chi connectivity index (χ0n) is 18.6. The van der Waals surface area contributed by atoms with Gasteiger partial charge in [-0.1, -0.05) is 53.8 Å². The molecule has 0 atom stereocenters. The third kappa shape index (κ3) is 5.44. The maximum atomic E-state index is 11.8. The van der Waals surface area contributed by atoms with Gasteiger partial charge in [0.25, 0.3) is 10.4 Å². The first-order chi connectivity index (χ1) is 16.5. The summed E-state index contributed by atoms with van der Waals surface area (Å²) in [5, 5.41) is 18.4. The van der Waals surface area contributed by atoms with Gasteiger partial charge >= 0.3 is 34.8 Å². The molecule has 0 fully saturated rings. The van der Waals surface area contributed by atoms with Gasteiger partial charge in [0.2, 0.25) is 0 Å². The number of aromatic hydroxyl groups is 1. The van der Waals surface area contributed by atoms with Gasteiger partial charge in [0.1, 0.15) is 4.83 Å². The Bertz CT molecular complexity index is 1710. The van der Waals surface area contributed by atoms with E-state index < -0.39 is 10.2 Å². The first-order valence-electron chi connectivity index (χ1n) is 10.2. The van der Waals surface area contributed by atoms with Crippen molar-refractivity contribution in [3.05, 3.63) is 93.2 Å². The van der Waals surface area contributed by atoms with Crippen LogP contribution in [0.3, 0.4) is 0 Å². The van der Waals surface area contributed by atoms with Crippen LogP contribution in [-0.4, -0.2) is 23.5 Å². The summed E-state index contributed by atoms with van der Waals surface area (Å²) in [4.78, 5) is 14.0. The van der Waals surface area contributed by atoms with Crippen LogP contribution < -0.4 is 14.6 Å². The van der Waals surface area contributed by atoms with Gasteiger partial charge in [0.15, 0.2) is 5.69 Å². The van der Waals surface area contributed by atoms with Crippen molar-refractivity contribution in [2.75, 3.05) is 0 Å². The van der Waals surface area contributed by atoms with Gasteiger partial charge in [-0.3, -0.25) is 9.20 Å². The fraction of sp³-hybridized carbons (Fsp3) is 0.0833. The van der Waals surface area contributed by atoms with Crippen LogP contribution in [0.15, 0.2) is 76.2 Å². The molecule has 0 spiro atoms. The number of hydrogen-bond donors (Lipinski definition) is 4. The molecule has 0 saturated carbocycles. The molecule has 0 unspecified atom stereocenters. The monoisotopic (exact) mass is 533 g/mol. The Morgan fingerprint density at radius 1 is 0.886 bits per heavy atom. The van der Waals surface area contributed by atoms with E-state index in [1.165, 1.54) is 5.39 Å². The number of aryl methyl sites for hydroxylation is 2. The second kappa shape index (κ2) is 9.88. The van der Waals surface area contributed by atoms with E-state index in [2.05, 4.69) is 17.5 Å². The molecule has 6 rings (SSSR count). The SMILES string of the molecule is Cc1csc2c3ccccc3cc(=O)n12.Cc1csc2c3ccccc3cc(O)[n+]12.[O-][Cl+](O)(O)O. The van der Waals surface area contributed by atoms with Crippen molar-refractivity contribution in [3.8, 4) is 5.88 Å². The number of nitrogens with zero attached hydrogens (tertiary/aromatic N) is 2. The fourth-order valence-electron chi connectivity index (χ4n) is 3.78. The average molecular weight is 534 g/mol. The molecule has 4 N–H and O–H groups in total. The summed E-state index contributed by atoms with van der Waals surface area (Å²) in [5.41, 5.74) is 2.13. The van der Waals surface area contributed by atoms with E-state index in [-0.39, 0.29) is 5.56 Å². The van der Waals surface area contributed by atoms with Gasteiger partial charge in [-0.2, -0.15) is 0 Å². The average Bonchev–Trinajstić information content (AvgIpc) is 3.37. The molecule has 0 aliphatic heterocycles. The van der Waals surface area contributed by atoms with Crippen LogP contribution in [0.2, 0.25) is 0 Å². The standard InChI is InChI=1S/2C12H9NOS.ClH3O4/c2*1-8-7-15-12-10-5-3-2-4-9(10)6-11(14)13(8)12;2-1(3,4)5/h2*2-7H,1H3;2-4H/p+1. The molecule has 0 radical (unpaired) electrons. The molecule has 6 aromatic rings. The molecule has 35 heavy (non-hydrogen) atoms. The minimum atomic E-state index is -4.19. The Morgan fingerprint density at radius 3 is 2.11 bits per heavy atom. The summed E-state index contributed by atoms with van der Waals surface area (Å²) in [6.07, 6.45) is 0. The Balaban J connectivity index is 0.000000139. The normalized spacial score (nSPS) is 11.8. The summed E-state index contributed by atoms with van der Waals surface area (Å²) in [7, 11) is -4.19. The molecule has 11 heteroatoms. The second-order valence-electron chi connectivity index (χ2n) is 7.63. The molecule has 4 heterocycles. The summed E-state index contributed by atoms with van der Waals surface area (Å²) < 4.78 is 33.9. The van der Waals surface area contributed by atoms with Crippen molar-refractivity contribution < 1.29 is 38.4 Å². The van der Waals surface area contributed by atoms with Crippen LogP contribution in [0, 0.1) is 24.1 Å². The van der Waals surface area contributed by atoms with E-state index in [0.29, 0.717) is 5.88 Å². The van der Waals surface area contributed by atoms with Gasteiger partial charge in [-0.15, -0.1) is 15.7 Å². The zero-order chi connectivity index (χ0) is 25.3. The molecule has 8 nitrogen and oxygen atoms in total. The number of rotatable bonds is 0. The topological polar surface area (TPSA) is 130 Å². The number of halogens is 1. The number of benzene rings is 2. The molecule has 0 amide bonds. The fourth-order valence-corrected chi connectivity index (χ4v) is 5.86. The summed E-state index contributed by atoms with van der Waals surface area (Å²) >= 11 is 3.28. The van der Waals surface area contributed by atoms with Gasteiger partial charge in [0.05, 0.1) is 16.8 Å². The number of aromatic nitrogens is 2. The molecular weight excluding hydrogens is 512 g/mol. The minimum absolute atomic E-state index is 0.0578. The number of thiazole rings is 2. The van der Waals surface area contributed by atoms with Crippen molar-refractivity contribution >= 4 is 53.9 Å². The number of pyridine rings is 2. The summed E-state index contributed by atoms with van der Waals surface area (Å²) in [6, 6.07) is 19.6. The molecule has 0 aliphatic carbocycles. The van der Waals surface area contributed by atoms with Crippen LogP contribution in [0.25, 0.3) is 31.2 Å². The van der Waals surface area contributed by atoms with Crippen molar-refractivity contribution in [1.82, 2.24) is 4.40 Å². The van der Waals surface area contributed by atoms with Crippen LogP contribution in [0.1, 0.15) is 11.4 Å². The van der Waals surface area contributed by atoms with Crippen LogP contribution in [0.5, 0.6) is 5.88 Å². The third-order valence-electron chi connectivity index (χ3n) is 5.19. The quantitative estimate of drug-likeness (QED) is 0.222. The van der Waals surface area contributed by atoms with Gasteiger partial charge in [-0.05, 0) is 23.8 Å². The maximum absolute atomic E-state index is 11.8. The van der Waals surface area contributed by atoms with E-state index in [1.807, 2.05) is 66.1 Å². The molecule has 4 aromatic heterocycles. The second-order valence-corrected chi connectivity index (χ2v) is 10.2. The molecule has 0 bridgehead atoms. The Hall–Kier alpha value is -3.09. The first-order valence-corrected chi connectivity index (χ1v) is 13.3. The van der Waals surface area contributed by atoms with E-state index in [4.69, 9.17) is 18.6 Å². The van der Waals surface area contributed by atoms with Gasteiger partial charge in [-0.25, -0.2) is 0 Å². The van der Waals surface area contributed by atoms with Crippen LogP contribution in [0.4, 0.5) is 0 Å². The third-order valence-corrected chi connectivity index (χ3v) is 7.36. The Morgan fingerprint density at radius 2 is 1.46 bits per heavy atom. The Kier molecular flexibility index (Phi) is 7.06. The van der Waals surface area contributed by atoms with Gasteiger partial charge in [0, 0.05) is 29.5 Å². The van der Waals surface area contributed by atoms with Crippen molar-refractivity contribution in [1.29, 1.82) is 0 Å². The van der Waals surface area contributed by atoms with Crippen molar-refractivity contribution in [2.45, 2.75) is 13.8 Å². The molecule has 0 saturated heterocycles. The molecule has 2 aromatic carbocycles. The summed E-state index contributed by atoms with van der Waals surface area (Å²) in [6.45, 7) is 3.96. The first kappa shape index (κ1) is 25.0. The van der Waals surface area contributed by atoms with Crippen molar-refractivity contribution in [2.24, 2.45) is 0 Å². The number of hydrogen-bond acceptors (Lipinski definition) is 8. The van der Waals surface area contributed by atoms with Crippen LogP contribution >= 0.6 is 22.7 Å². The van der Waals surface area contributed by atoms with E-state index in [0.717, 1.165) is 37.2 Å². The predicted molar refractivity (Wildman–Crippen MR) is 132 cm³/mol. The van der Waals surface area contributed by atoms with Crippen molar-refractivity contribution in [3.63, 3.8) is 0 Å². The molecular formula is C24H22ClN2O6S2+. The number of fused-ring (bicyclic) bond motifs is 6. The molecule has 0 aliphatic rings. The summed E-state index contributed by atoms with van der Waals surface area (Å²) in [5.74, 6) is 0.308. The Labute approximate surface area is 209 Å². The zero-order valence-corrected chi connectivity index (χ0v) is 21.0. The van der Waals surface area contributed by atoms with E-state index in [1.54, 1.807) is 33.1 Å².